The molecule has 0 amide bonds. The number of para-hydroxylation sites is 1. The summed E-state index contributed by atoms with van der Waals surface area (Å²) >= 11 is 0. The maximum absolute atomic E-state index is 13.0. The molecule has 0 saturated heterocycles. The smallest absolute Gasteiger partial charge is 0.269 e. The lowest BCUT2D eigenvalue weighted by Crippen LogP contribution is -2.21. The molecule has 0 aliphatic carbocycles. The molecule has 0 radical (unpaired) electrons. The van der Waals surface area contributed by atoms with Gasteiger partial charge >= 0.3 is 0 Å². The first-order chi connectivity index (χ1) is 12.5. The summed E-state index contributed by atoms with van der Waals surface area (Å²) in [5, 5.41) is 15.2. The van der Waals surface area contributed by atoms with Crippen LogP contribution in [0.15, 0.2) is 63.9 Å². The standard InChI is InChI=1S/C18H12N4O4/c1-11-10-16(26-20-11)21-17(12-6-8-13(9-7-12)22(24)25)19-15-5-3-2-4-14(15)18(21)23/h2-10H,1H3. The third-order valence-corrected chi connectivity index (χ3v) is 3.95. The van der Waals surface area contributed by atoms with E-state index in [1.807, 2.05) is 0 Å². The number of non-ortho nitro benzene ring substituents is 1. The van der Waals surface area contributed by atoms with Crippen molar-refractivity contribution in [3.05, 3.63) is 80.8 Å². The molecule has 8 nitrogen and oxygen atoms in total. The number of nitrogens with zero attached hydrogens (tertiary/aromatic N) is 4. The molecule has 4 aromatic rings. The summed E-state index contributed by atoms with van der Waals surface area (Å²) in [4.78, 5) is 28.0. The maximum Gasteiger partial charge on any atom is 0.269 e. The van der Waals surface area contributed by atoms with Gasteiger partial charge in [-0.15, -0.1) is 0 Å². The van der Waals surface area contributed by atoms with Crippen LogP contribution in [-0.4, -0.2) is 19.6 Å². The van der Waals surface area contributed by atoms with Crippen molar-refractivity contribution in [1.82, 2.24) is 14.7 Å². The molecule has 4 rings (SSSR count). The minimum absolute atomic E-state index is 0.0426. The van der Waals surface area contributed by atoms with Crippen molar-refractivity contribution in [3.63, 3.8) is 0 Å². The van der Waals surface area contributed by atoms with Gasteiger partial charge in [-0.25, -0.2) is 9.55 Å². The van der Waals surface area contributed by atoms with Crippen LogP contribution < -0.4 is 5.56 Å². The van der Waals surface area contributed by atoms with Crippen molar-refractivity contribution in [2.45, 2.75) is 6.92 Å². The van der Waals surface area contributed by atoms with Crippen LogP contribution >= 0.6 is 0 Å². The summed E-state index contributed by atoms with van der Waals surface area (Å²) in [6.45, 7) is 1.75. The third-order valence-electron chi connectivity index (χ3n) is 3.95. The Morgan fingerprint density at radius 1 is 1.12 bits per heavy atom. The van der Waals surface area contributed by atoms with Crippen molar-refractivity contribution in [3.8, 4) is 17.3 Å². The molecule has 0 aliphatic heterocycles. The van der Waals surface area contributed by atoms with Crippen molar-refractivity contribution in [2.75, 3.05) is 0 Å². The van der Waals surface area contributed by atoms with Crippen LogP contribution in [0.4, 0.5) is 5.69 Å². The van der Waals surface area contributed by atoms with E-state index in [0.717, 1.165) is 0 Å². The number of nitro benzene ring substituents is 1. The van der Waals surface area contributed by atoms with Crippen LogP contribution in [-0.2, 0) is 0 Å². The summed E-state index contributed by atoms with van der Waals surface area (Å²) in [5.41, 5.74) is 1.35. The Morgan fingerprint density at radius 2 is 1.85 bits per heavy atom. The SMILES string of the molecule is Cc1cc(-n2c(-c3ccc([N+](=O)[O-])cc3)nc3ccccc3c2=O)on1. The van der Waals surface area contributed by atoms with Gasteiger partial charge in [0.25, 0.3) is 11.2 Å². The van der Waals surface area contributed by atoms with Gasteiger partial charge in [-0.3, -0.25) is 14.9 Å². The van der Waals surface area contributed by atoms with Crippen molar-refractivity contribution in [2.24, 2.45) is 0 Å². The Kier molecular flexibility index (Phi) is 3.58. The Balaban J connectivity index is 2.03. The first kappa shape index (κ1) is 15.7. The number of benzene rings is 2. The van der Waals surface area contributed by atoms with Crippen LogP contribution in [0, 0.1) is 17.0 Å². The van der Waals surface area contributed by atoms with E-state index in [1.165, 1.54) is 16.7 Å². The highest BCUT2D eigenvalue weighted by atomic mass is 16.6. The van der Waals surface area contributed by atoms with E-state index in [1.54, 1.807) is 49.4 Å². The molecule has 0 saturated carbocycles. The van der Waals surface area contributed by atoms with Crippen LogP contribution in [0.1, 0.15) is 5.69 Å². The summed E-state index contributed by atoms with van der Waals surface area (Å²) in [6, 6.07) is 14.4. The molecule has 0 spiro atoms. The normalized spacial score (nSPS) is 11.0. The van der Waals surface area contributed by atoms with E-state index in [2.05, 4.69) is 10.1 Å². The van der Waals surface area contributed by atoms with Gasteiger partial charge in [0.2, 0.25) is 5.88 Å². The Labute approximate surface area is 146 Å². The van der Waals surface area contributed by atoms with E-state index in [0.29, 0.717) is 28.0 Å². The van der Waals surface area contributed by atoms with Gasteiger partial charge < -0.3 is 4.52 Å². The average molecular weight is 348 g/mol. The Bertz CT molecular complexity index is 1190. The molecule has 2 aromatic carbocycles. The van der Waals surface area contributed by atoms with Gasteiger partial charge in [0, 0.05) is 23.8 Å². The molecule has 2 heterocycles. The third kappa shape index (κ3) is 2.53. The number of hydrogen-bond donors (Lipinski definition) is 0. The number of aryl methyl sites for hydroxylation is 1. The fraction of sp³-hybridized carbons (Fsp3) is 0.0556. The molecule has 2 aromatic heterocycles. The molecule has 0 unspecified atom stereocenters. The van der Waals surface area contributed by atoms with E-state index in [4.69, 9.17) is 4.52 Å². The second-order valence-corrected chi connectivity index (χ2v) is 5.70. The number of fused-ring (bicyclic) bond motifs is 1. The molecule has 128 valence electrons. The lowest BCUT2D eigenvalue weighted by Gasteiger charge is -2.10. The van der Waals surface area contributed by atoms with Crippen molar-refractivity contribution < 1.29 is 9.45 Å². The molecule has 0 N–H and O–H groups in total. The predicted octanol–water partition coefficient (Wildman–Crippen LogP) is 3.26. The predicted molar refractivity (Wildman–Crippen MR) is 94.2 cm³/mol. The fourth-order valence-electron chi connectivity index (χ4n) is 2.72. The largest absolute Gasteiger partial charge is 0.338 e. The van der Waals surface area contributed by atoms with Crippen LogP contribution in [0.2, 0.25) is 0 Å². The highest BCUT2D eigenvalue weighted by molar-refractivity contribution is 5.80. The summed E-state index contributed by atoms with van der Waals surface area (Å²) in [5.74, 6) is 0.554. The van der Waals surface area contributed by atoms with Gasteiger partial charge in [-0.1, -0.05) is 17.3 Å². The second kappa shape index (κ2) is 5.92. The minimum Gasteiger partial charge on any atom is -0.338 e. The highest BCUT2D eigenvalue weighted by Gasteiger charge is 2.18. The van der Waals surface area contributed by atoms with Gasteiger partial charge in [-0.2, -0.15) is 0 Å². The number of rotatable bonds is 3. The molecule has 0 fully saturated rings. The lowest BCUT2D eigenvalue weighted by atomic mass is 10.1. The first-order valence-corrected chi connectivity index (χ1v) is 7.75. The van der Waals surface area contributed by atoms with Crippen LogP contribution in [0.3, 0.4) is 0 Å². The summed E-state index contributed by atoms with van der Waals surface area (Å²) in [7, 11) is 0. The van der Waals surface area contributed by atoms with E-state index in [-0.39, 0.29) is 17.1 Å². The molecular formula is C18H12N4O4. The monoisotopic (exact) mass is 348 g/mol. The van der Waals surface area contributed by atoms with Crippen molar-refractivity contribution >= 4 is 16.6 Å². The molecule has 26 heavy (non-hydrogen) atoms. The molecular weight excluding hydrogens is 336 g/mol. The van der Waals surface area contributed by atoms with Gasteiger partial charge in [-0.05, 0) is 31.2 Å². The second-order valence-electron chi connectivity index (χ2n) is 5.70. The van der Waals surface area contributed by atoms with Crippen LogP contribution in [0.5, 0.6) is 0 Å². The van der Waals surface area contributed by atoms with Gasteiger partial charge in [0.1, 0.15) is 0 Å². The van der Waals surface area contributed by atoms with E-state index < -0.39 is 4.92 Å². The van der Waals surface area contributed by atoms with Crippen molar-refractivity contribution in [1.29, 1.82) is 0 Å². The highest BCUT2D eigenvalue weighted by Crippen LogP contribution is 2.24. The average Bonchev–Trinajstić information content (AvgIpc) is 3.07. The maximum atomic E-state index is 13.0. The molecule has 0 atom stereocenters. The first-order valence-electron chi connectivity index (χ1n) is 7.75. The molecule has 0 bridgehead atoms. The molecule has 8 heteroatoms. The van der Waals surface area contributed by atoms with Gasteiger partial charge in [0.05, 0.1) is 21.5 Å². The number of aromatic nitrogens is 3. The number of hydrogen-bond acceptors (Lipinski definition) is 6. The lowest BCUT2D eigenvalue weighted by molar-refractivity contribution is -0.384. The minimum atomic E-state index is -0.482. The number of nitro groups is 1. The zero-order chi connectivity index (χ0) is 18.3. The van der Waals surface area contributed by atoms with Gasteiger partial charge in [0.15, 0.2) is 5.82 Å². The van der Waals surface area contributed by atoms with E-state index >= 15 is 0 Å². The summed E-state index contributed by atoms with van der Waals surface area (Å²) in [6.07, 6.45) is 0. The topological polar surface area (TPSA) is 104 Å². The van der Waals surface area contributed by atoms with Crippen LogP contribution in [0.25, 0.3) is 28.2 Å². The summed E-state index contributed by atoms with van der Waals surface area (Å²) < 4.78 is 6.59. The zero-order valence-corrected chi connectivity index (χ0v) is 13.6. The Morgan fingerprint density at radius 3 is 2.50 bits per heavy atom. The molecule has 0 aliphatic rings. The fourth-order valence-corrected chi connectivity index (χ4v) is 2.72. The zero-order valence-electron chi connectivity index (χ0n) is 13.6. The van der Waals surface area contributed by atoms with E-state index in [9.17, 15) is 14.9 Å². The Hall–Kier alpha value is -3.81. The quantitative estimate of drug-likeness (QED) is 0.416.